The van der Waals surface area contributed by atoms with E-state index < -0.39 is 10.0 Å². The Labute approximate surface area is 129 Å². The lowest BCUT2D eigenvalue weighted by atomic mass is 10.4. The van der Waals surface area contributed by atoms with E-state index in [1.807, 2.05) is 6.92 Å². The predicted octanol–water partition coefficient (Wildman–Crippen LogP) is 1.47. The summed E-state index contributed by atoms with van der Waals surface area (Å²) in [5.41, 5.74) is 0.702. The first-order valence-electron chi connectivity index (χ1n) is 6.61. The number of hydrogen-bond acceptors (Lipinski definition) is 5. The molecule has 0 unspecified atom stereocenters. The van der Waals surface area contributed by atoms with Crippen molar-refractivity contribution in [1.29, 1.82) is 0 Å². The van der Waals surface area contributed by atoms with Crippen LogP contribution in [0.15, 0.2) is 18.3 Å². The normalized spacial score (nSPS) is 12.2. The van der Waals surface area contributed by atoms with Gasteiger partial charge in [-0.2, -0.15) is 4.98 Å². The molecular formula is C12H18ClN5O2S. The van der Waals surface area contributed by atoms with Crippen molar-refractivity contribution in [3.63, 3.8) is 0 Å². The number of aromatic nitrogens is 3. The van der Waals surface area contributed by atoms with Crippen molar-refractivity contribution in [2.75, 3.05) is 31.2 Å². The molecule has 0 radical (unpaired) electrons. The summed E-state index contributed by atoms with van der Waals surface area (Å²) >= 11 is 5.88. The van der Waals surface area contributed by atoms with Gasteiger partial charge in [0.1, 0.15) is 0 Å². The first kappa shape index (κ1) is 16.0. The molecule has 0 spiro atoms. The molecule has 2 rings (SSSR count). The summed E-state index contributed by atoms with van der Waals surface area (Å²) in [6.45, 7) is 3.37. The summed E-state index contributed by atoms with van der Waals surface area (Å²) in [4.78, 5) is 4.29. The van der Waals surface area contributed by atoms with Crippen LogP contribution in [0.2, 0.25) is 5.02 Å². The lowest BCUT2D eigenvalue weighted by molar-refractivity contribution is 0.428. The largest absolute Gasteiger partial charge is 0.353 e. The third kappa shape index (κ3) is 4.29. The standard InChI is InChI=1S/C12H18ClN5O2S/c1-3-17(21(2,19)20)8-4-7-14-12-15-11-6-5-10(13)9-18(11)16-12/h5-6,9H,3-4,7-8H2,1-2H3,(H,14,16). The molecule has 0 aliphatic carbocycles. The highest BCUT2D eigenvalue weighted by Crippen LogP contribution is 2.11. The second-order valence-electron chi connectivity index (χ2n) is 4.62. The van der Waals surface area contributed by atoms with Crippen LogP contribution in [0, 0.1) is 0 Å². The highest BCUT2D eigenvalue weighted by molar-refractivity contribution is 7.88. The van der Waals surface area contributed by atoms with Gasteiger partial charge in [0.15, 0.2) is 5.65 Å². The molecule has 0 aromatic carbocycles. The summed E-state index contributed by atoms with van der Waals surface area (Å²) in [5, 5.41) is 7.90. The fraction of sp³-hybridized carbons (Fsp3) is 0.500. The van der Waals surface area contributed by atoms with E-state index in [9.17, 15) is 8.42 Å². The predicted molar refractivity (Wildman–Crippen MR) is 83.2 cm³/mol. The van der Waals surface area contributed by atoms with Crippen LogP contribution in [-0.2, 0) is 10.0 Å². The minimum Gasteiger partial charge on any atom is -0.353 e. The first-order valence-corrected chi connectivity index (χ1v) is 8.83. The highest BCUT2D eigenvalue weighted by Gasteiger charge is 2.13. The minimum atomic E-state index is -3.13. The molecule has 2 aromatic rings. The van der Waals surface area contributed by atoms with E-state index in [2.05, 4.69) is 15.4 Å². The molecule has 1 N–H and O–H groups in total. The Balaban J connectivity index is 1.88. The Bertz CT molecular complexity index is 716. The summed E-state index contributed by atoms with van der Waals surface area (Å²) in [7, 11) is -3.13. The molecule has 0 aliphatic rings. The average molecular weight is 332 g/mol. The van der Waals surface area contributed by atoms with Gasteiger partial charge < -0.3 is 5.32 Å². The highest BCUT2D eigenvalue weighted by atomic mass is 35.5. The van der Waals surface area contributed by atoms with E-state index in [1.165, 1.54) is 10.6 Å². The van der Waals surface area contributed by atoms with Gasteiger partial charge in [0.25, 0.3) is 0 Å². The molecule has 21 heavy (non-hydrogen) atoms. The van der Waals surface area contributed by atoms with Crippen LogP contribution in [0.4, 0.5) is 5.95 Å². The molecule has 0 amide bonds. The molecule has 0 aliphatic heterocycles. The third-order valence-corrected chi connectivity index (χ3v) is 4.59. The van der Waals surface area contributed by atoms with Crippen molar-refractivity contribution < 1.29 is 8.42 Å². The lowest BCUT2D eigenvalue weighted by Crippen LogP contribution is -2.31. The van der Waals surface area contributed by atoms with Crippen molar-refractivity contribution in [2.24, 2.45) is 0 Å². The first-order chi connectivity index (χ1) is 9.90. The number of sulfonamides is 1. The van der Waals surface area contributed by atoms with E-state index in [4.69, 9.17) is 11.6 Å². The van der Waals surface area contributed by atoms with Crippen LogP contribution in [0.5, 0.6) is 0 Å². The van der Waals surface area contributed by atoms with Crippen LogP contribution in [0.3, 0.4) is 0 Å². The van der Waals surface area contributed by atoms with Crippen LogP contribution in [0.25, 0.3) is 5.65 Å². The van der Waals surface area contributed by atoms with Crippen molar-refractivity contribution in [2.45, 2.75) is 13.3 Å². The van der Waals surface area contributed by atoms with Crippen LogP contribution >= 0.6 is 11.6 Å². The molecule has 0 saturated heterocycles. The molecule has 2 aromatic heterocycles. The topological polar surface area (TPSA) is 79.6 Å². The number of hydrogen-bond donors (Lipinski definition) is 1. The smallest absolute Gasteiger partial charge is 0.243 e. The lowest BCUT2D eigenvalue weighted by Gasteiger charge is -2.17. The van der Waals surface area contributed by atoms with E-state index >= 15 is 0 Å². The van der Waals surface area contributed by atoms with Gasteiger partial charge in [0, 0.05) is 25.8 Å². The number of rotatable bonds is 7. The van der Waals surface area contributed by atoms with Gasteiger partial charge in [-0.3, -0.25) is 0 Å². The van der Waals surface area contributed by atoms with Gasteiger partial charge in [-0.1, -0.05) is 18.5 Å². The molecule has 116 valence electrons. The molecule has 0 saturated carbocycles. The van der Waals surface area contributed by atoms with E-state index in [0.29, 0.717) is 42.7 Å². The molecule has 0 bridgehead atoms. The average Bonchev–Trinajstić information content (AvgIpc) is 2.79. The van der Waals surface area contributed by atoms with Crippen molar-refractivity contribution in [3.8, 4) is 0 Å². The minimum absolute atomic E-state index is 0.474. The van der Waals surface area contributed by atoms with Crippen molar-refractivity contribution in [3.05, 3.63) is 23.4 Å². The Morgan fingerprint density at radius 1 is 1.43 bits per heavy atom. The fourth-order valence-electron chi connectivity index (χ4n) is 1.95. The number of fused-ring (bicyclic) bond motifs is 1. The van der Waals surface area contributed by atoms with Gasteiger partial charge in [-0.15, -0.1) is 5.10 Å². The van der Waals surface area contributed by atoms with Crippen molar-refractivity contribution >= 4 is 33.2 Å². The monoisotopic (exact) mass is 331 g/mol. The van der Waals surface area contributed by atoms with Gasteiger partial charge in [0.2, 0.25) is 16.0 Å². The fourth-order valence-corrected chi connectivity index (χ4v) is 3.03. The third-order valence-electron chi connectivity index (χ3n) is 2.98. The maximum atomic E-state index is 11.4. The van der Waals surface area contributed by atoms with Gasteiger partial charge in [0.05, 0.1) is 11.3 Å². The molecule has 2 heterocycles. The Kier molecular flexibility index (Phi) is 5.02. The maximum absolute atomic E-state index is 11.4. The van der Waals surface area contributed by atoms with Gasteiger partial charge in [-0.25, -0.2) is 17.2 Å². The summed E-state index contributed by atoms with van der Waals surface area (Å²) in [5.74, 6) is 0.500. The van der Waals surface area contributed by atoms with E-state index in [0.717, 1.165) is 0 Å². The second-order valence-corrected chi connectivity index (χ2v) is 7.04. The number of halogens is 1. The Hall–Kier alpha value is -1.38. The molecule has 0 atom stereocenters. The van der Waals surface area contributed by atoms with Gasteiger partial charge >= 0.3 is 0 Å². The molecule has 9 heteroatoms. The number of pyridine rings is 1. The Morgan fingerprint density at radius 3 is 2.86 bits per heavy atom. The summed E-state index contributed by atoms with van der Waals surface area (Å²) < 4.78 is 25.9. The number of nitrogens with one attached hydrogen (secondary N) is 1. The Morgan fingerprint density at radius 2 is 2.19 bits per heavy atom. The molecular weight excluding hydrogens is 314 g/mol. The zero-order valence-corrected chi connectivity index (χ0v) is 13.5. The zero-order chi connectivity index (χ0) is 15.5. The quantitative estimate of drug-likeness (QED) is 0.777. The van der Waals surface area contributed by atoms with Crippen LogP contribution < -0.4 is 5.32 Å². The van der Waals surface area contributed by atoms with Gasteiger partial charge in [-0.05, 0) is 18.6 Å². The van der Waals surface area contributed by atoms with Crippen molar-refractivity contribution in [1.82, 2.24) is 18.9 Å². The van der Waals surface area contributed by atoms with E-state index in [-0.39, 0.29) is 0 Å². The SMILES string of the molecule is CCN(CCCNc1nc2ccc(Cl)cn2n1)S(C)(=O)=O. The maximum Gasteiger partial charge on any atom is 0.243 e. The zero-order valence-electron chi connectivity index (χ0n) is 12.0. The van der Waals surface area contributed by atoms with Crippen LogP contribution in [-0.4, -0.2) is 53.2 Å². The second kappa shape index (κ2) is 6.59. The number of anilines is 1. The van der Waals surface area contributed by atoms with Crippen LogP contribution in [0.1, 0.15) is 13.3 Å². The van der Waals surface area contributed by atoms with E-state index in [1.54, 1.807) is 22.8 Å². The summed E-state index contributed by atoms with van der Waals surface area (Å²) in [6.07, 6.45) is 3.58. The summed E-state index contributed by atoms with van der Waals surface area (Å²) in [6, 6.07) is 3.53. The molecule has 7 nitrogen and oxygen atoms in total. The number of nitrogens with zero attached hydrogens (tertiary/aromatic N) is 4. The molecule has 0 fully saturated rings.